The van der Waals surface area contributed by atoms with E-state index < -0.39 is 5.97 Å². The molecule has 2 rings (SSSR count). The first-order valence-electron chi connectivity index (χ1n) is 7.14. The summed E-state index contributed by atoms with van der Waals surface area (Å²) in [5.41, 5.74) is 1.50. The highest BCUT2D eigenvalue weighted by Crippen LogP contribution is 2.28. The molecule has 7 heteroatoms. The first kappa shape index (κ1) is 16.4. The van der Waals surface area contributed by atoms with Crippen molar-refractivity contribution in [3.63, 3.8) is 0 Å². The van der Waals surface area contributed by atoms with Gasteiger partial charge in [0.2, 0.25) is 0 Å². The molecule has 1 aliphatic rings. The largest absolute Gasteiger partial charge is 0.481 e. The minimum Gasteiger partial charge on any atom is -0.481 e. The van der Waals surface area contributed by atoms with Crippen LogP contribution in [0.25, 0.3) is 0 Å². The molecule has 6 nitrogen and oxygen atoms in total. The number of hydrogen-bond donors (Lipinski definition) is 2. The summed E-state index contributed by atoms with van der Waals surface area (Å²) in [5, 5.41) is 12.4. The van der Waals surface area contributed by atoms with E-state index in [2.05, 4.69) is 5.32 Å². The van der Waals surface area contributed by atoms with Crippen molar-refractivity contribution in [2.24, 2.45) is 5.92 Å². The minimum absolute atomic E-state index is 0.228. The van der Waals surface area contributed by atoms with Gasteiger partial charge in [0.15, 0.2) is 0 Å². The number of amides is 2. The van der Waals surface area contributed by atoms with Gasteiger partial charge < -0.3 is 20.2 Å². The van der Waals surface area contributed by atoms with Gasteiger partial charge in [0.1, 0.15) is 0 Å². The molecule has 0 spiro atoms. The van der Waals surface area contributed by atoms with E-state index in [4.69, 9.17) is 16.7 Å². The van der Waals surface area contributed by atoms with Crippen LogP contribution >= 0.6 is 11.6 Å². The van der Waals surface area contributed by atoms with E-state index in [0.29, 0.717) is 36.6 Å². The van der Waals surface area contributed by atoms with E-state index in [0.717, 1.165) is 5.69 Å². The molecule has 0 aromatic heterocycles. The fourth-order valence-electron chi connectivity index (χ4n) is 2.52. The zero-order chi connectivity index (χ0) is 16.3. The predicted molar refractivity (Wildman–Crippen MR) is 86.7 cm³/mol. The van der Waals surface area contributed by atoms with Crippen LogP contribution in [0.4, 0.5) is 16.2 Å². The maximum atomic E-state index is 12.3. The Hall–Kier alpha value is -1.95. The van der Waals surface area contributed by atoms with E-state index in [-0.39, 0.29) is 11.9 Å². The van der Waals surface area contributed by atoms with Gasteiger partial charge in [0.25, 0.3) is 0 Å². The second-order valence-corrected chi connectivity index (χ2v) is 6.02. The van der Waals surface area contributed by atoms with Gasteiger partial charge in [0.05, 0.1) is 17.3 Å². The Bertz CT molecular complexity index is 569. The molecule has 1 heterocycles. The molecule has 1 saturated heterocycles. The predicted octanol–water partition coefficient (Wildman–Crippen LogP) is 2.73. The van der Waals surface area contributed by atoms with Gasteiger partial charge in [-0.1, -0.05) is 11.6 Å². The lowest BCUT2D eigenvalue weighted by atomic mass is 9.97. The van der Waals surface area contributed by atoms with Crippen LogP contribution in [0.15, 0.2) is 18.2 Å². The van der Waals surface area contributed by atoms with Crippen molar-refractivity contribution in [1.82, 2.24) is 4.90 Å². The smallest absolute Gasteiger partial charge is 0.321 e. The summed E-state index contributed by atoms with van der Waals surface area (Å²) in [4.78, 5) is 26.8. The number of hydrogen-bond acceptors (Lipinski definition) is 3. The number of benzene rings is 1. The number of rotatable bonds is 3. The Morgan fingerprint density at radius 3 is 2.50 bits per heavy atom. The van der Waals surface area contributed by atoms with Crippen LogP contribution in [-0.4, -0.2) is 49.2 Å². The van der Waals surface area contributed by atoms with Gasteiger partial charge in [-0.05, 0) is 31.0 Å². The van der Waals surface area contributed by atoms with E-state index in [1.807, 2.05) is 25.1 Å². The average molecular weight is 326 g/mol. The SMILES string of the molecule is CN(C)c1ccc(Cl)cc1NC(=O)N1CCC(C(=O)O)CC1. The second-order valence-electron chi connectivity index (χ2n) is 5.59. The molecular weight excluding hydrogens is 306 g/mol. The van der Waals surface area contributed by atoms with Gasteiger partial charge in [-0.3, -0.25) is 4.79 Å². The lowest BCUT2D eigenvalue weighted by Crippen LogP contribution is -2.42. The number of nitrogens with zero attached hydrogens (tertiary/aromatic N) is 2. The van der Waals surface area contributed by atoms with Crippen LogP contribution in [0.3, 0.4) is 0 Å². The van der Waals surface area contributed by atoms with Crippen LogP contribution < -0.4 is 10.2 Å². The summed E-state index contributed by atoms with van der Waals surface area (Å²) in [5.74, 6) is -1.14. The van der Waals surface area contributed by atoms with Gasteiger partial charge in [-0.15, -0.1) is 0 Å². The Labute approximate surface area is 134 Å². The number of aliphatic carboxylic acids is 1. The first-order chi connectivity index (χ1) is 10.4. The van der Waals surface area contributed by atoms with Crippen molar-refractivity contribution in [3.8, 4) is 0 Å². The number of halogens is 1. The van der Waals surface area contributed by atoms with Crippen LogP contribution in [0.2, 0.25) is 5.02 Å². The molecule has 1 aliphatic heterocycles. The maximum Gasteiger partial charge on any atom is 0.321 e. The van der Waals surface area contributed by atoms with Crippen molar-refractivity contribution in [1.29, 1.82) is 0 Å². The molecule has 1 fully saturated rings. The van der Waals surface area contributed by atoms with Gasteiger partial charge in [-0.25, -0.2) is 4.79 Å². The van der Waals surface area contributed by atoms with Crippen molar-refractivity contribution in [2.75, 3.05) is 37.4 Å². The lowest BCUT2D eigenvalue weighted by Gasteiger charge is -2.30. The van der Waals surface area contributed by atoms with E-state index in [1.54, 1.807) is 17.0 Å². The first-order valence-corrected chi connectivity index (χ1v) is 7.52. The molecule has 0 radical (unpaired) electrons. The number of carboxylic acid groups (broad SMARTS) is 1. The third kappa shape index (κ3) is 3.82. The van der Waals surface area contributed by atoms with Crippen molar-refractivity contribution in [2.45, 2.75) is 12.8 Å². The van der Waals surface area contributed by atoms with Crippen LogP contribution in [0, 0.1) is 5.92 Å². The van der Waals surface area contributed by atoms with E-state index in [1.165, 1.54) is 0 Å². The number of carbonyl (C=O) groups is 2. The molecule has 0 atom stereocenters. The van der Waals surface area contributed by atoms with Crippen molar-refractivity contribution < 1.29 is 14.7 Å². The Balaban J connectivity index is 2.04. The third-order valence-electron chi connectivity index (χ3n) is 3.81. The van der Waals surface area contributed by atoms with E-state index >= 15 is 0 Å². The number of nitrogens with one attached hydrogen (secondary N) is 1. The number of likely N-dealkylation sites (tertiary alicyclic amines) is 1. The van der Waals surface area contributed by atoms with E-state index in [9.17, 15) is 9.59 Å². The Kier molecular flexibility index (Phi) is 5.13. The Morgan fingerprint density at radius 2 is 1.95 bits per heavy atom. The van der Waals surface area contributed by atoms with Crippen LogP contribution in [-0.2, 0) is 4.79 Å². The number of carbonyl (C=O) groups excluding carboxylic acids is 1. The van der Waals surface area contributed by atoms with Gasteiger partial charge in [0, 0.05) is 32.2 Å². The summed E-state index contributed by atoms with van der Waals surface area (Å²) in [7, 11) is 3.77. The molecule has 0 saturated carbocycles. The highest BCUT2D eigenvalue weighted by molar-refractivity contribution is 6.31. The topological polar surface area (TPSA) is 72.9 Å². The third-order valence-corrected chi connectivity index (χ3v) is 4.05. The van der Waals surface area contributed by atoms with Crippen molar-refractivity contribution in [3.05, 3.63) is 23.2 Å². The molecule has 2 amide bonds. The monoisotopic (exact) mass is 325 g/mol. The number of piperidine rings is 1. The number of carboxylic acids is 1. The van der Waals surface area contributed by atoms with Gasteiger partial charge in [-0.2, -0.15) is 0 Å². The molecule has 0 unspecified atom stereocenters. The maximum absolute atomic E-state index is 12.3. The number of anilines is 2. The quantitative estimate of drug-likeness (QED) is 0.896. The van der Waals surface area contributed by atoms with Crippen LogP contribution in [0.1, 0.15) is 12.8 Å². The summed E-state index contributed by atoms with van der Waals surface area (Å²) in [6.45, 7) is 0.890. The fraction of sp³-hybridized carbons (Fsp3) is 0.467. The summed E-state index contributed by atoms with van der Waals surface area (Å²) in [6, 6.07) is 5.09. The highest BCUT2D eigenvalue weighted by Gasteiger charge is 2.27. The van der Waals surface area contributed by atoms with Crippen molar-refractivity contribution >= 4 is 35.0 Å². The second kappa shape index (κ2) is 6.87. The lowest BCUT2D eigenvalue weighted by molar-refractivity contribution is -0.143. The summed E-state index contributed by atoms with van der Waals surface area (Å²) < 4.78 is 0. The zero-order valence-electron chi connectivity index (χ0n) is 12.7. The standard InChI is InChI=1S/C15H20ClN3O3/c1-18(2)13-4-3-11(16)9-12(13)17-15(22)19-7-5-10(6-8-19)14(20)21/h3-4,9-10H,5-8H2,1-2H3,(H,17,22)(H,20,21). The molecule has 1 aromatic rings. The van der Waals surface area contributed by atoms with Gasteiger partial charge >= 0.3 is 12.0 Å². The minimum atomic E-state index is -0.787. The molecule has 22 heavy (non-hydrogen) atoms. The molecule has 0 aliphatic carbocycles. The molecule has 0 bridgehead atoms. The Morgan fingerprint density at radius 1 is 1.32 bits per heavy atom. The summed E-state index contributed by atoms with van der Waals surface area (Å²) in [6.07, 6.45) is 0.970. The molecule has 120 valence electrons. The number of urea groups is 1. The van der Waals surface area contributed by atoms with Crippen LogP contribution in [0.5, 0.6) is 0 Å². The highest BCUT2D eigenvalue weighted by atomic mass is 35.5. The molecule has 2 N–H and O–H groups in total. The normalized spacial score (nSPS) is 15.5. The molecular formula is C15H20ClN3O3. The fourth-order valence-corrected chi connectivity index (χ4v) is 2.69. The zero-order valence-corrected chi connectivity index (χ0v) is 13.4. The average Bonchev–Trinajstić information content (AvgIpc) is 2.47. The summed E-state index contributed by atoms with van der Waals surface area (Å²) >= 11 is 6.00. The molecule has 1 aromatic carbocycles.